The topological polar surface area (TPSA) is 87.7 Å². The maximum absolute atomic E-state index is 12.2. The average Bonchev–Trinajstić information content (AvgIpc) is 2.65. The van der Waals surface area contributed by atoms with Crippen molar-refractivity contribution in [2.24, 2.45) is 11.8 Å². The summed E-state index contributed by atoms with van der Waals surface area (Å²) in [6.45, 7) is 4.14. The minimum Gasteiger partial charge on any atom is -0.457 e. The lowest BCUT2D eigenvalue weighted by Gasteiger charge is -2.18. The summed E-state index contributed by atoms with van der Waals surface area (Å²) in [5, 5.41) is 11.6. The summed E-state index contributed by atoms with van der Waals surface area (Å²) in [7, 11) is 0. The van der Waals surface area contributed by atoms with Crippen LogP contribution in [0.2, 0.25) is 0 Å². The SMILES string of the molecule is CC(C)C(CCNC(=O)c1ccc(Oc2ccccc2)cc1)C(=O)NO. The third-order valence-electron chi connectivity index (χ3n) is 4.09. The molecule has 0 spiro atoms. The second kappa shape index (κ2) is 9.58. The van der Waals surface area contributed by atoms with Crippen molar-refractivity contribution in [1.82, 2.24) is 10.8 Å². The van der Waals surface area contributed by atoms with Gasteiger partial charge in [0.05, 0.1) is 0 Å². The molecule has 0 aliphatic heterocycles. The number of hydroxylamine groups is 1. The van der Waals surface area contributed by atoms with Crippen LogP contribution in [0.1, 0.15) is 30.6 Å². The molecule has 0 aliphatic carbocycles. The van der Waals surface area contributed by atoms with E-state index < -0.39 is 5.91 Å². The first kappa shape index (κ1) is 19.5. The highest BCUT2D eigenvalue weighted by Gasteiger charge is 2.21. The van der Waals surface area contributed by atoms with Crippen molar-refractivity contribution in [1.29, 1.82) is 0 Å². The fourth-order valence-corrected chi connectivity index (χ4v) is 2.59. The van der Waals surface area contributed by atoms with E-state index in [1.807, 2.05) is 44.2 Å². The second-order valence-corrected chi connectivity index (χ2v) is 6.31. The van der Waals surface area contributed by atoms with E-state index in [9.17, 15) is 9.59 Å². The van der Waals surface area contributed by atoms with E-state index in [1.54, 1.807) is 29.7 Å². The van der Waals surface area contributed by atoms with Gasteiger partial charge in [0.25, 0.3) is 5.91 Å². The van der Waals surface area contributed by atoms with Crippen molar-refractivity contribution in [3.05, 3.63) is 60.2 Å². The van der Waals surface area contributed by atoms with Crippen LogP contribution in [0.5, 0.6) is 11.5 Å². The van der Waals surface area contributed by atoms with Gasteiger partial charge in [0.15, 0.2) is 0 Å². The van der Waals surface area contributed by atoms with Gasteiger partial charge < -0.3 is 10.1 Å². The molecule has 2 aromatic carbocycles. The van der Waals surface area contributed by atoms with Crippen LogP contribution in [-0.2, 0) is 4.79 Å². The number of ether oxygens (including phenoxy) is 1. The number of benzene rings is 2. The highest BCUT2D eigenvalue weighted by molar-refractivity contribution is 5.94. The largest absolute Gasteiger partial charge is 0.457 e. The summed E-state index contributed by atoms with van der Waals surface area (Å²) in [5.41, 5.74) is 2.19. The van der Waals surface area contributed by atoms with Crippen LogP contribution < -0.4 is 15.5 Å². The van der Waals surface area contributed by atoms with Crippen LogP contribution in [-0.4, -0.2) is 23.6 Å². The van der Waals surface area contributed by atoms with Crippen LogP contribution in [0.3, 0.4) is 0 Å². The predicted molar refractivity (Wildman–Crippen MR) is 98.2 cm³/mol. The molecule has 0 heterocycles. The smallest absolute Gasteiger partial charge is 0.251 e. The molecule has 138 valence electrons. The summed E-state index contributed by atoms with van der Waals surface area (Å²) < 4.78 is 5.69. The molecule has 2 amide bonds. The van der Waals surface area contributed by atoms with Gasteiger partial charge in [0.1, 0.15) is 11.5 Å². The Kier molecular flexibility index (Phi) is 7.17. The Morgan fingerprint density at radius 1 is 1.00 bits per heavy atom. The third-order valence-corrected chi connectivity index (χ3v) is 4.09. The van der Waals surface area contributed by atoms with E-state index in [0.717, 1.165) is 5.75 Å². The van der Waals surface area contributed by atoms with Gasteiger partial charge in [0.2, 0.25) is 5.91 Å². The first-order valence-electron chi connectivity index (χ1n) is 8.56. The zero-order chi connectivity index (χ0) is 18.9. The Hall–Kier alpha value is -2.86. The molecule has 0 aromatic heterocycles. The summed E-state index contributed by atoms with van der Waals surface area (Å²) in [6.07, 6.45) is 0.449. The number of carbonyl (C=O) groups is 2. The van der Waals surface area contributed by atoms with Gasteiger partial charge in [-0.3, -0.25) is 14.8 Å². The molecule has 0 radical (unpaired) electrons. The maximum atomic E-state index is 12.2. The van der Waals surface area contributed by atoms with E-state index >= 15 is 0 Å². The Bertz CT molecular complexity index is 714. The summed E-state index contributed by atoms with van der Waals surface area (Å²) in [4.78, 5) is 23.8. The highest BCUT2D eigenvalue weighted by Crippen LogP contribution is 2.21. The van der Waals surface area contributed by atoms with Crippen LogP contribution in [0.15, 0.2) is 54.6 Å². The van der Waals surface area contributed by atoms with Gasteiger partial charge in [-0.2, -0.15) is 0 Å². The Labute approximate surface area is 153 Å². The molecule has 0 aliphatic rings. The number of hydrogen-bond acceptors (Lipinski definition) is 4. The molecule has 1 atom stereocenters. The number of rotatable bonds is 8. The zero-order valence-electron chi connectivity index (χ0n) is 14.9. The fraction of sp³-hybridized carbons (Fsp3) is 0.300. The van der Waals surface area contributed by atoms with Crippen molar-refractivity contribution < 1.29 is 19.5 Å². The lowest BCUT2D eigenvalue weighted by molar-refractivity contribution is -0.135. The number of para-hydroxylation sites is 1. The van der Waals surface area contributed by atoms with Crippen LogP contribution >= 0.6 is 0 Å². The Balaban J connectivity index is 1.86. The normalized spacial score (nSPS) is 11.7. The third kappa shape index (κ3) is 5.60. The second-order valence-electron chi connectivity index (χ2n) is 6.31. The van der Waals surface area contributed by atoms with E-state index in [0.29, 0.717) is 24.3 Å². The first-order chi connectivity index (χ1) is 12.5. The molecule has 2 rings (SSSR count). The lowest BCUT2D eigenvalue weighted by atomic mass is 9.92. The Morgan fingerprint density at radius 2 is 1.62 bits per heavy atom. The minimum atomic E-state index is -0.434. The number of carbonyl (C=O) groups excluding carboxylic acids is 2. The molecule has 6 nitrogen and oxygen atoms in total. The van der Waals surface area contributed by atoms with Gasteiger partial charge in [-0.25, -0.2) is 5.48 Å². The van der Waals surface area contributed by atoms with E-state index in [4.69, 9.17) is 9.94 Å². The molecule has 0 saturated heterocycles. The van der Waals surface area contributed by atoms with Gasteiger partial charge in [-0.15, -0.1) is 0 Å². The molecule has 0 fully saturated rings. The van der Waals surface area contributed by atoms with Crippen molar-refractivity contribution >= 4 is 11.8 Å². The molecule has 0 saturated carbocycles. The van der Waals surface area contributed by atoms with Crippen LogP contribution in [0.4, 0.5) is 0 Å². The van der Waals surface area contributed by atoms with Gasteiger partial charge >= 0.3 is 0 Å². The van der Waals surface area contributed by atoms with Crippen LogP contribution in [0.25, 0.3) is 0 Å². The van der Waals surface area contributed by atoms with Crippen molar-refractivity contribution in [3.63, 3.8) is 0 Å². The maximum Gasteiger partial charge on any atom is 0.251 e. The first-order valence-corrected chi connectivity index (χ1v) is 8.56. The fourth-order valence-electron chi connectivity index (χ4n) is 2.59. The molecule has 2 aromatic rings. The minimum absolute atomic E-state index is 0.0634. The lowest BCUT2D eigenvalue weighted by Crippen LogP contribution is -2.34. The summed E-state index contributed by atoms with van der Waals surface area (Å²) in [5.74, 6) is 0.425. The zero-order valence-corrected chi connectivity index (χ0v) is 14.9. The van der Waals surface area contributed by atoms with Gasteiger partial charge in [-0.1, -0.05) is 32.0 Å². The highest BCUT2D eigenvalue weighted by atomic mass is 16.5. The van der Waals surface area contributed by atoms with E-state index in [2.05, 4.69) is 5.32 Å². The molecular weight excluding hydrogens is 332 g/mol. The van der Waals surface area contributed by atoms with Crippen LogP contribution in [0, 0.1) is 11.8 Å². The summed E-state index contributed by atoms with van der Waals surface area (Å²) >= 11 is 0. The Morgan fingerprint density at radius 3 is 2.19 bits per heavy atom. The molecule has 0 bridgehead atoms. The quantitative estimate of drug-likeness (QED) is 0.500. The van der Waals surface area contributed by atoms with Gasteiger partial charge in [0, 0.05) is 18.0 Å². The number of hydrogen-bond donors (Lipinski definition) is 3. The number of amides is 2. The molecule has 3 N–H and O–H groups in total. The van der Waals surface area contributed by atoms with Crippen molar-refractivity contribution in [2.45, 2.75) is 20.3 Å². The molecule has 26 heavy (non-hydrogen) atoms. The molecular formula is C20H24N2O4. The summed E-state index contributed by atoms with van der Waals surface area (Å²) in [6, 6.07) is 16.2. The monoisotopic (exact) mass is 356 g/mol. The van der Waals surface area contributed by atoms with E-state index in [1.165, 1.54) is 0 Å². The average molecular weight is 356 g/mol. The van der Waals surface area contributed by atoms with Crippen molar-refractivity contribution in [3.8, 4) is 11.5 Å². The van der Waals surface area contributed by atoms with Crippen molar-refractivity contribution in [2.75, 3.05) is 6.54 Å². The standard InChI is InChI=1S/C20H24N2O4/c1-14(2)18(20(24)22-25)12-13-21-19(23)15-8-10-17(11-9-15)26-16-6-4-3-5-7-16/h3-11,14,18,25H,12-13H2,1-2H3,(H,21,23)(H,22,24). The number of nitrogens with one attached hydrogen (secondary N) is 2. The molecule has 6 heteroatoms. The van der Waals surface area contributed by atoms with E-state index in [-0.39, 0.29) is 17.7 Å². The van der Waals surface area contributed by atoms with Gasteiger partial charge in [-0.05, 0) is 48.7 Å². The predicted octanol–water partition coefficient (Wildman–Crippen LogP) is 3.38. The molecule has 1 unspecified atom stereocenters.